The van der Waals surface area contributed by atoms with E-state index in [4.69, 9.17) is 21.1 Å². The van der Waals surface area contributed by atoms with E-state index in [1.807, 2.05) is 6.92 Å². The molecule has 0 bridgehead atoms. The van der Waals surface area contributed by atoms with Gasteiger partial charge in [0.05, 0.1) is 36.6 Å². The Morgan fingerprint density at radius 3 is 2.62 bits per heavy atom. The van der Waals surface area contributed by atoms with Crippen LogP contribution in [0.5, 0.6) is 11.5 Å². The molecule has 0 amide bonds. The number of nitrogens with one attached hydrogen (secondary N) is 1. The SMILES string of the molecule is CCOc1c(Cl)cc(/C=N\Nc2ccc(C(=O)[O-])cc2)cc1OC. The number of halogens is 1. The van der Waals surface area contributed by atoms with Crippen molar-refractivity contribution in [3.63, 3.8) is 0 Å². The maximum atomic E-state index is 10.7. The van der Waals surface area contributed by atoms with Crippen LogP contribution in [0.3, 0.4) is 0 Å². The summed E-state index contributed by atoms with van der Waals surface area (Å²) in [4.78, 5) is 10.7. The van der Waals surface area contributed by atoms with Gasteiger partial charge in [-0.25, -0.2) is 0 Å². The molecule has 0 aliphatic carbocycles. The number of anilines is 1. The van der Waals surface area contributed by atoms with Crippen molar-refractivity contribution >= 4 is 29.5 Å². The summed E-state index contributed by atoms with van der Waals surface area (Å²) in [7, 11) is 1.53. The van der Waals surface area contributed by atoms with Crippen LogP contribution < -0.4 is 20.0 Å². The molecule has 0 radical (unpaired) electrons. The normalized spacial score (nSPS) is 10.6. The summed E-state index contributed by atoms with van der Waals surface area (Å²) in [6.07, 6.45) is 1.57. The Morgan fingerprint density at radius 2 is 2.04 bits per heavy atom. The monoisotopic (exact) mass is 347 g/mol. The third kappa shape index (κ3) is 4.39. The van der Waals surface area contributed by atoms with Gasteiger partial charge in [0.15, 0.2) is 11.5 Å². The van der Waals surface area contributed by atoms with Crippen LogP contribution in [0.4, 0.5) is 5.69 Å². The van der Waals surface area contributed by atoms with Gasteiger partial charge >= 0.3 is 0 Å². The number of ether oxygens (including phenoxy) is 2. The van der Waals surface area contributed by atoms with E-state index < -0.39 is 5.97 Å². The van der Waals surface area contributed by atoms with Gasteiger partial charge < -0.3 is 19.4 Å². The van der Waals surface area contributed by atoms with Gasteiger partial charge in [-0.1, -0.05) is 23.7 Å². The minimum Gasteiger partial charge on any atom is -0.545 e. The zero-order valence-electron chi connectivity index (χ0n) is 13.2. The minimum absolute atomic E-state index is 0.104. The molecule has 1 N–H and O–H groups in total. The zero-order chi connectivity index (χ0) is 17.5. The van der Waals surface area contributed by atoms with Crippen molar-refractivity contribution in [1.29, 1.82) is 0 Å². The number of carbonyl (C=O) groups excluding carboxylic acids is 1. The highest BCUT2D eigenvalue weighted by molar-refractivity contribution is 6.32. The van der Waals surface area contributed by atoms with E-state index in [0.29, 0.717) is 28.8 Å². The van der Waals surface area contributed by atoms with Crippen LogP contribution in [0.15, 0.2) is 41.5 Å². The fraction of sp³-hybridized carbons (Fsp3) is 0.176. The average molecular weight is 348 g/mol. The lowest BCUT2D eigenvalue weighted by Crippen LogP contribution is -2.21. The highest BCUT2D eigenvalue weighted by Gasteiger charge is 2.10. The first-order valence-electron chi connectivity index (χ1n) is 7.16. The molecule has 0 aliphatic heterocycles. The summed E-state index contributed by atoms with van der Waals surface area (Å²) < 4.78 is 10.7. The highest BCUT2D eigenvalue weighted by Crippen LogP contribution is 2.35. The van der Waals surface area contributed by atoms with Crippen LogP contribution in [0.2, 0.25) is 5.02 Å². The molecule has 126 valence electrons. The topological polar surface area (TPSA) is 83.0 Å². The number of aromatic carboxylic acids is 1. The van der Waals surface area contributed by atoms with E-state index >= 15 is 0 Å². The summed E-state index contributed by atoms with van der Waals surface area (Å²) in [6, 6.07) is 9.51. The second-order valence-corrected chi connectivity index (χ2v) is 5.11. The number of rotatable bonds is 7. The van der Waals surface area contributed by atoms with Crippen LogP contribution in [0.25, 0.3) is 0 Å². The summed E-state index contributed by atoms with van der Waals surface area (Å²) in [6.45, 7) is 2.34. The molecule has 0 heterocycles. The molecule has 2 aromatic carbocycles. The molecule has 2 rings (SSSR count). The fourth-order valence-electron chi connectivity index (χ4n) is 1.96. The molecule has 2 aromatic rings. The molecule has 0 aromatic heterocycles. The number of methoxy groups -OCH3 is 1. The van der Waals surface area contributed by atoms with E-state index in [9.17, 15) is 9.90 Å². The lowest BCUT2D eigenvalue weighted by Gasteiger charge is -2.11. The van der Waals surface area contributed by atoms with Gasteiger partial charge in [-0.05, 0) is 42.3 Å². The maximum Gasteiger partial charge on any atom is 0.179 e. The van der Waals surface area contributed by atoms with Gasteiger partial charge in [-0.3, -0.25) is 5.43 Å². The molecule has 7 heteroatoms. The van der Waals surface area contributed by atoms with Gasteiger partial charge in [0.2, 0.25) is 0 Å². The van der Waals surface area contributed by atoms with E-state index in [0.717, 1.165) is 5.56 Å². The quantitative estimate of drug-likeness (QED) is 0.614. The van der Waals surface area contributed by atoms with E-state index in [1.54, 1.807) is 30.5 Å². The van der Waals surface area contributed by atoms with Gasteiger partial charge in [0.1, 0.15) is 0 Å². The first-order chi connectivity index (χ1) is 11.5. The second kappa shape index (κ2) is 8.21. The third-order valence-electron chi connectivity index (χ3n) is 3.07. The van der Waals surface area contributed by atoms with Crippen LogP contribution >= 0.6 is 11.6 Å². The average Bonchev–Trinajstić information content (AvgIpc) is 2.57. The lowest BCUT2D eigenvalue weighted by atomic mass is 10.2. The predicted molar refractivity (Wildman–Crippen MR) is 91.2 cm³/mol. The second-order valence-electron chi connectivity index (χ2n) is 4.70. The molecular weight excluding hydrogens is 332 g/mol. The molecule has 0 unspecified atom stereocenters. The van der Waals surface area contributed by atoms with Crippen LogP contribution in [-0.2, 0) is 0 Å². The van der Waals surface area contributed by atoms with Crippen molar-refractivity contribution in [2.75, 3.05) is 19.1 Å². The predicted octanol–water partition coefficient (Wildman–Crippen LogP) is 2.56. The molecule has 0 atom stereocenters. The molecule has 24 heavy (non-hydrogen) atoms. The number of nitrogens with zero attached hydrogens (tertiary/aromatic N) is 1. The van der Waals surface area contributed by atoms with Crippen LogP contribution in [0.1, 0.15) is 22.8 Å². The van der Waals surface area contributed by atoms with Crippen molar-refractivity contribution in [2.45, 2.75) is 6.92 Å². The van der Waals surface area contributed by atoms with E-state index in [1.165, 1.54) is 19.2 Å². The number of benzene rings is 2. The van der Waals surface area contributed by atoms with E-state index in [-0.39, 0.29) is 5.56 Å². The highest BCUT2D eigenvalue weighted by atomic mass is 35.5. The maximum absolute atomic E-state index is 10.7. The number of hydrazone groups is 1. The van der Waals surface area contributed by atoms with Crippen molar-refractivity contribution in [2.24, 2.45) is 5.10 Å². The Morgan fingerprint density at radius 1 is 1.33 bits per heavy atom. The Bertz CT molecular complexity index is 745. The smallest absolute Gasteiger partial charge is 0.179 e. The van der Waals surface area contributed by atoms with E-state index in [2.05, 4.69) is 10.5 Å². The van der Waals surface area contributed by atoms with Gasteiger partial charge in [0.25, 0.3) is 0 Å². The fourth-order valence-corrected chi connectivity index (χ4v) is 2.23. The minimum atomic E-state index is -1.22. The summed E-state index contributed by atoms with van der Waals surface area (Å²) in [5.74, 6) is -0.213. The number of carboxylic acids is 1. The van der Waals surface area contributed by atoms with Crippen molar-refractivity contribution in [1.82, 2.24) is 0 Å². The van der Waals surface area contributed by atoms with Crippen molar-refractivity contribution < 1.29 is 19.4 Å². The Balaban J connectivity index is 2.11. The summed E-state index contributed by atoms with van der Waals surface area (Å²) in [5.41, 5.74) is 4.26. The van der Waals surface area contributed by atoms with Gasteiger partial charge in [-0.15, -0.1) is 0 Å². The van der Waals surface area contributed by atoms with Crippen LogP contribution in [0, 0.1) is 0 Å². The Labute approximate surface area is 144 Å². The van der Waals surface area contributed by atoms with Crippen molar-refractivity contribution in [3.8, 4) is 11.5 Å². The molecule has 0 saturated carbocycles. The molecule has 6 nitrogen and oxygen atoms in total. The van der Waals surface area contributed by atoms with Crippen LogP contribution in [-0.4, -0.2) is 25.9 Å². The van der Waals surface area contributed by atoms with Gasteiger partial charge in [0, 0.05) is 0 Å². The summed E-state index contributed by atoms with van der Waals surface area (Å²) >= 11 is 6.19. The Hall–Kier alpha value is -2.73. The van der Waals surface area contributed by atoms with Gasteiger partial charge in [-0.2, -0.15) is 5.10 Å². The standard InChI is InChI=1S/C17H17ClN2O4/c1-3-24-16-14(18)8-11(9-15(16)23-2)10-19-20-13-6-4-12(5-7-13)17(21)22/h4-10,20H,3H2,1-2H3,(H,21,22)/p-1/b19-10-. The number of hydrogen-bond acceptors (Lipinski definition) is 6. The lowest BCUT2D eigenvalue weighted by molar-refractivity contribution is -0.255. The first-order valence-corrected chi connectivity index (χ1v) is 7.53. The zero-order valence-corrected chi connectivity index (χ0v) is 14.0. The first kappa shape index (κ1) is 17.6. The largest absolute Gasteiger partial charge is 0.545 e. The third-order valence-corrected chi connectivity index (χ3v) is 3.35. The molecular formula is C17H16ClN2O4-. The molecule has 0 aliphatic rings. The number of hydrogen-bond donors (Lipinski definition) is 1. The summed E-state index contributed by atoms with van der Waals surface area (Å²) in [5, 5.41) is 15.2. The Kier molecular flexibility index (Phi) is 6.03. The number of carboxylic acid groups (broad SMARTS) is 1. The van der Waals surface area contributed by atoms with Crippen molar-refractivity contribution in [3.05, 3.63) is 52.5 Å². The molecule has 0 spiro atoms. The molecule has 0 fully saturated rings. The number of carbonyl (C=O) groups is 1. The molecule has 0 saturated heterocycles.